The van der Waals surface area contributed by atoms with Crippen LogP contribution in [0.25, 0.3) is 246 Å². The van der Waals surface area contributed by atoms with Crippen LogP contribution in [0.15, 0.2) is 455 Å². The Bertz CT molecular complexity index is 10500. The van der Waals surface area contributed by atoms with Crippen molar-refractivity contribution < 1.29 is 0 Å². The minimum Gasteiger partial charge on any atom is -0.311 e. The molecule has 15 nitrogen and oxygen atoms in total. The third-order valence-corrected chi connectivity index (χ3v) is 28.9. The molecule has 150 heavy (non-hydrogen) atoms. The topological polar surface area (TPSA) is 185 Å². The molecule has 0 spiro atoms. The number of hydrogen-bond donors (Lipinski definition) is 0. The zero-order valence-corrected chi connectivity index (χ0v) is 80.0. The van der Waals surface area contributed by atoms with Crippen LogP contribution in [0.1, 0.15) is 33.4 Å². The van der Waals surface area contributed by atoms with E-state index in [4.69, 9.17) is 19.7 Å². The maximum Gasteiger partial charge on any atom is 0.189 e. The molecule has 0 amide bonds. The van der Waals surface area contributed by atoms with E-state index in [2.05, 4.69) is 285 Å². The predicted molar refractivity (Wildman–Crippen MR) is 605 cm³/mol. The molecule has 0 unspecified atom stereocenters. The van der Waals surface area contributed by atoms with Crippen molar-refractivity contribution >= 4 is 148 Å². The fourth-order valence-electron chi connectivity index (χ4n) is 22.5. The van der Waals surface area contributed by atoms with Gasteiger partial charge in [0, 0.05) is 110 Å². The third kappa shape index (κ3) is 14.7. The van der Waals surface area contributed by atoms with E-state index in [1.807, 2.05) is 249 Å². The number of nitriles is 6. The molecule has 0 saturated heterocycles. The number of para-hydroxylation sites is 9. The summed E-state index contributed by atoms with van der Waals surface area (Å²) in [6.07, 6.45) is 0. The van der Waals surface area contributed by atoms with Crippen molar-refractivity contribution in [2.24, 2.45) is 0 Å². The first-order valence-electron chi connectivity index (χ1n) is 48.8. The number of hydrogen-bond acceptors (Lipinski definition) is 6. The zero-order chi connectivity index (χ0) is 101. The standard InChI is InChI=1S/3C45H25N5/c1-47-31-20-24-43-38(26-31)35-12-4-6-15-40(35)49(43)33-22-18-29(19-23-33)45-30(28-46)10-9-14-37(45)34-11-3-7-16-41(34)50-42-17-8-5-13-36(42)39-27-32(48-2)21-25-44(39)50;1-48-32-20-23-37-34-10-2-5-14-40(34)49(44(37)26-32)33-21-18-30(19-22-33)45-31(28-47)9-8-13-38(45)35-11-3-6-15-41(35)50-42-16-7-4-12-36(42)39-25-29(27-46)17-24-43(39)50;46-26-29-19-24-42-38(25-29)35-12-2-5-16-40(35)50(42)39-15-4-1-11-34(39)36-14-7-9-31(27-47)44(36)30-20-22-33(23-21-30)49-41-17-6-3-13-37(41)45-32(28-48)10-8-18-43(45)49/h3-27H;2-26H;1-25H. The van der Waals surface area contributed by atoms with Gasteiger partial charge in [0.15, 0.2) is 17.1 Å². The van der Waals surface area contributed by atoms with Crippen LogP contribution in [0.5, 0.6) is 0 Å². The van der Waals surface area contributed by atoms with Gasteiger partial charge in [-0.05, 0) is 232 Å². The van der Waals surface area contributed by atoms with E-state index in [9.17, 15) is 31.6 Å². The highest BCUT2D eigenvalue weighted by atomic mass is 15.0. The van der Waals surface area contributed by atoms with E-state index in [0.717, 1.165) is 232 Å². The van der Waals surface area contributed by atoms with Crippen LogP contribution in [-0.4, -0.2) is 27.4 Å². The lowest BCUT2D eigenvalue weighted by Crippen LogP contribution is -1.99. The summed E-state index contributed by atoms with van der Waals surface area (Å²) in [7, 11) is 0. The SMILES string of the molecule is N#Cc1ccc2c(c1)c1ccccc1n2-c1ccccc1-c1cccc(C#N)c1-c1ccc(-n2c3ccccc3c3c(C#N)cccc32)cc1.[C-]#[N+]c1ccc2c(c1)c1ccccc1n2-c1ccc(-c2c(C#N)cccc2-c2ccccc2-n2c3ccccc3c3cc([N+]#[C-])ccc32)cc1.[C-]#[N+]c1ccc2c3ccccc3n(-c3ccc(-c4c(C#N)cccc4-c4ccccc4-n4c5ccccc5c5cc(C#N)ccc54)cc3)c2c1. The number of rotatable bonds is 12. The van der Waals surface area contributed by atoms with E-state index < -0.39 is 0 Å². The molecular formula is C135H75N15. The number of aromatic nitrogens is 6. The Balaban J connectivity index is 0.000000116. The molecule has 27 aromatic rings. The highest BCUT2D eigenvalue weighted by molar-refractivity contribution is 6.17. The van der Waals surface area contributed by atoms with Crippen LogP contribution < -0.4 is 0 Å². The Morgan fingerprint density at radius 1 is 0.173 bits per heavy atom. The molecule has 0 atom stereocenters. The van der Waals surface area contributed by atoms with Gasteiger partial charge in [-0.2, -0.15) is 31.6 Å². The summed E-state index contributed by atoms with van der Waals surface area (Å²) in [6.45, 7) is 22.8. The van der Waals surface area contributed by atoms with Crippen molar-refractivity contribution in [2.45, 2.75) is 0 Å². The van der Waals surface area contributed by atoms with Gasteiger partial charge in [0.1, 0.15) is 0 Å². The minimum absolute atomic E-state index is 0.585. The Kier molecular flexibility index (Phi) is 22.0. The smallest absolute Gasteiger partial charge is 0.189 e. The second kappa shape index (κ2) is 37.0. The molecule has 6 heterocycles. The van der Waals surface area contributed by atoms with Gasteiger partial charge in [0.2, 0.25) is 0 Å². The predicted octanol–water partition coefficient (Wildman–Crippen LogP) is 34.5. The number of benzene rings is 21. The van der Waals surface area contributed by atoms with E-state index in [-0.39, 0.29) is 0 Å². The third-order valence-electron chi connectivity index (χ3n) is 28.9. The molecule has 0 N–H and O–H groups in total. The summed E-state index contributed by atoms with van der Waals surface area (Å²) in [5.74, 6) is 0. The highest BCUT2D eigenvalue weighted by Gasteiger charge is 2.28. The molecule has 0 fully saturated rings. The van der Waals surface area contributed by atoms with E-state index >= 15 is 0 Å². The fourth-order valence-corrected chi connectivity index (χ4v) is 22.5. The summed E-state index contributed by atoms with van der Waals surface area (Å²) >= 11 is 0. The Labute approximate surface area is 860 Å². The second-order valence-electron chi connectivity index (χ2n) is 36.8. The second-order valence-corrected chi connectivity index (χ2v) is 36.8. The summed E-state index contributed by atoms with van der Waals surface area (Å²) in [5, 5.41) is 73.1. The molecule has 0 radical (unpaired) electrons. The van der Waals surface area contributed by atoms with Crippen molar-refractivity contribution in [3.05, 3.63) is 523 Å². The molecule has 21 aromatic carbocycles. The first kappa shape index (κ1) is 89.2. The molecule has 0 saturated carbocycles. The molecule has 0 aliphatic rings. The van der Waals surface area contributed by atoms with Crippen molar-refractivity contribution in [1.29, 1.82) is 31.6 Å². The quantitative estimate of drug-likeness (QED) is 0.110. The van der Waals surface area contributed by atoms with Crippen molar-refractivity contribution in [1.82, 2.24) is 27.4 Å². The normalized spacial score (nSPS) is 11.1. The van der Waals surface area contributed by atoms with Gasteiger partial charge in [-0.3, -0.25) is 0 Å². The fraction of sp³-hybridized carbons (Fsp3) is 0. The molecular weight excluding hydrogens is 1830 g/mol. The summed E-state index contributed by atoms with van der Waals surface area (Å²) in [4.78, 5) is 11.1. The molecule has 6 aromatic heterocycles. The van der Waals surface area contributed by atoms with Gasteiger partial charge in [0.05, 0.1) is 167 Å². The average molecular weight is 1910 g/mol. The maximum atomic E-state index is 10.4. The van der Waals surface area contributed by atoms with Crippen molar-refractivity contribution in [3.63, 3.8) is 0 Å². The maximum absolute atomic E-state index is 10.4. The van der Waals surface area contributed by atoms with Gasteiger partial charge in [0.25, 0.3) is 0 Å². The summed E-state index contributed by atoms with van der Waals surface area (Å²) in [5.41, 5.74) is 34.9. The van der Waals surface area contributed by atoms with Crippen molar-refractivity contribution in [2.75, 3.05) is 0 Å². The minimum atomic E-state index is 0.585. The Morgan fingerprint density at radius 2 is 0.427 bits per heavy atom. The Hall–Kier alpha value is -22.2. The molecule has 0 aliphatic heterocycles. The van der Waals surface area contributed by atoms with Crippen LogP contribution in [-0.2, 0) is 0 Å². The molecule has 0 bridgehead atoms. The lowest BCUT2D eigenvalue weighted by molar-refractivity contribution is 1.18. The lowest BCUT2D eigenvalue weighted by Gasteiger charge is -2.18. The molecule has 0 aliphatic carbocycles. The van der Waals surface area contributed by atoms with Crippen LogP contribution in [0, 0.1) is 87.7 Å². The summed E-state index contributed by atoms with van der Waals surface area (Å²) in [6, 6.07) is 167. The average Bonchev–Trinajstić information content (AvgIpc) is 1.57. The van der Waals surface area contributed by atoms with Gasteiger partial charge in [-0.15, -0.1) is 0 Å². The monoisotopic (exact) mass is 1910 g/mol. The highest BCUT2D eigenvalue weighted by Crippen LogP contribution is 2.49. The first-order valence-corrected chi connectivity index (χ1v) is 48.8. The van der Waals surface area contributed by atoms with Gasteiger partial charge < -0.3 is 27.4 Å². The van der Waals surface area contributed by atoms with Crippen LogP contribution >= 0.6 is 0 Å². The van der Waals surface area contributed by atoms with Crippen molar-refractivity contribution in [3.8, 4) is 137 Å². The van der Waals surface area contributed by atoms with Gasteiger partial charge in [-0.1, -0.05) is 267 Å². The number of fused-ring (bicyclic) bond motifs is 18. The van der Waals surface area contributed by atoms with Gasteiger partial charge in [-0.25, -0.2) is 14.5 Å². The number of nitrogens with zero attached hydrogens (tertiary/aromatic N) is 15. The largest absolute Gasteiger partial charge is 0.311 e. The molecule has 27 rings (SSSR count). The zero-order valence-electron chi connectivity index (χ0n) is 80.0. The summed E-state index contributed by atoms with van der Waals surface area (Å²) < 4.78 is 13.4. The van der Waals surface area contributed by atoms with E-state index in [0.29, 0.717) is 50.4 Å². The van der Waals surface area contributed by atoms with Gasteiger partial charge >= 0.3 is 0 Å². The van der Waals surface area contributed by atoms with Crippen LogP contribution in [0.4, 0.5) is 17.1 Å². The van der Waals surface area contributed by atoms with Crippen LogP contribution in [0.3, 0.4) is 0 Å². The Morgan fingerprint density at radius 3 is 0.793 bits per heavy atom. The first-order chi connectivity index (χ1) is 74.0. The van der Waals surface area contributed by atoms with Crippen LogP contribution in [0.2, 0.25) is 0 Å². The lowest BCUT2D eigenvalue weighted by atomic mass is 9.90. The molecule has 15 heteroatoms. The molecule has 690 valence electrons. The van der Waals surface area contributed by atoms with E-state index in [1.165, 1.54) is 0 Å². The van der Waals surface area contributed by atoms with E-state index in [1.54, 1.807) is 0 Å².